The van der Waals surface area contributed by atoms with E-state index in [9.17, 15) is 9.90 Å². The van der Waals surface area contributed by atoms with E-state index in [0.29, 0.717) is 5.56 Å². The fourth-order valence-electron chi connectivity index (χ4n) is 3.18. The Morgan fingerprint density at radius 1 is 1.16 bits per heavy atom. The number of hydrogen-bond acceptors (Lipinski definition) is 4. The van der Waals surface area contributed by atoms with Gasteiger partial charge in [0.2, 0.25) is 0 Å². The average Bonchev–Trinajstić information content (AvgIpc) is 2.67. The van der Waals surface area contributed by atoms with Gasteiger partial charge in [0.15, 0.2) is 0 Å². The fraction of sp³-hybridized carbons (Fsp3) is 0.400. The Balaban J connectivity index is 1.71. The summed E-state index contributed by atoms with van der Waals surface area (Å²) in [6, 6.07) is 12.9. The Kier molecular flexibility index (Phi) is 5.34. The van der Waals surface area contributed by atoms with Gasteiger partial charge in [-0.05, 0) is 43.9 Å². The molecule has 0 bridgehead atoms. The van der Waals surface area contributed by atoms with Crippen LogP contribution in [0, 0.1) is 0 Å². The van der Waals surface area contributed by atoms with Crippen LogP contribution in [-0.4, -0.2) is 35.6 Å². The second-order valence-electron chi connectivity index (χ2n) is 6.74. The number of amides is 1. The first kappa shape index (κ1) is 17.4. The van der Waals surface area contributed by atoms with Gasteiger partial charge in [0, 0.05) is 19.3 Å². The first-order valence-corrected chi connectivity index (χ1v) is 8.84. The van der Waals surface area contributed by atoms with Gasteiger partial charge in [-0.25, -0.2) is 4.98 Å². The van der Waals surface area contributed by atoms with Crippen LogP contribution in [0.4, 0.5) is 5.82 Å². The van der Waals surface area contributed by atoms with Gasteiger partial charge in [0.25, 0.3) is 5.91 Å². The largest absolute Gasteiger partial charge is 0.384 e. The average molecular weight is 339 g/mol. The first-order chi connectivity index (χ1) is 12.1. The molecule has 3 rings (SSSR count). The Morgan fingerprint density at radius 3 is 2.60 bits per heavy atom. The number of carbonyl (C=O) groups is 1. The zero-order valence-electron chi connectivity index (χ0n) is 14.6. The standard InChI is InChI=1S/C20H25N3O2/c1-20(25,16-9-4-2-5-10-16)15-22-19(24)17-11-8-12-21-18(17)23-13-6-3-7-14-23/h2,4-5,8-12,25H,3,6-7,13-15H2,1H3,(H,22,24). The Morgan fingerprint density at radius 2 is 1.88 bits per heavy atom. The van der Waals surface area contributed by atoms with Gasteiger partial charge in [-0.2, -0.15) is 0 Å². The topological polar surface area (TPSA) is 65.5 Å². The van der Waals surface area contributed by atoms with Crippen LogP contribution in [0.5, 0.6) is 0 Å². The molecule has 1 fully saturated rings. The van der Waals surface area contributed by atoms with Crippen molar-refractivity contribution in [2.75, 3.05) is 24.5 Å². The van der Waals surface area contributed by atoms with Gasteiger partial charge in [-0.1, -0.05) is 30.3 Å². The van der Waals surface area contributed by atoms with Gasteiger partial charge >= 0.3 is 0 Å². The number of hydrogen-bond donors (Lipinski definition) is 2. The summed E-state index contributed by atoms with van der Waals surface area (Å²) in [7, 11) is 0. The zero-order chi connectivity index (χ0) is 17.7. The molecular formula is C20H25N3O2. The maximum Gasteiger partial charge on any atom is 0.255 e. The SMILES string of the molecule is CC(O)(CNC(=O)c1cccnc1N1CCCCC1)c1ccccc1. The number of anilines is 1. The molecule has 1 atom stereocenters. The summed E-state index contributed by atoms with van der Waals surface area (Å²) in [5.74, 6) is 0.531. The Labute approximate surface area is 148 Å². The minimum Gasteiger partial charge on any atom is -0.384 e. The van der Waals surface area contributed by atoms with E-state index in [1.54, 1.807) is 25.3 Å². The normalized spacial score (nSPS) is 17.0. The van der Waals surface area contributed by atoms with Gasteiger partial charge in [0.1, 0.15) is 11.4 Å². The first-order valence-electron chi connectivity index (χ1n) is 8.84. The van der Waals surface area contributed by atoms with Crippen molar-refractivity contribution in [3.8, 4) is 0 Å². The van der Waals surface area contributed by atoms with E-state index < -0.39 is 5.60 Å². The number of nitrogens with one attached hydrogen (secondary N) is 1. The number of piperidine rings is 1. The second-order valence-corrected chi connectivity index (χ2v) is 6.74. The highest BCUT2D eigenvalue weighted by molar-refractivity contribution is 5.98. The van der Waals surface area contributed by atoms with Gasteiger partial charge < -0.3 is 15.3 Å². The van der Waals surface area contributed by atoms with Crippen molar-refractivity contribution in [2.45, 2.75) is 31.8 Å². The van der Waals surface area contributed by atoms with Crippen molar-refractivity contribution in [3.63, 3.8) is 0 Å². The van der Waals surface area contributed by atoms with Crippen molar-refractivity contribution in [1.82, 2.24) is 10.3 Å². The van der Waals surface area contributed by atoms with E-state index in [1.165, 1.54) is 6.42 Å². The van der Waals surface area contributed by atoms with E-state index in [2.05, 4.69) is 15.2 Å². The smallest absolute Gasteiger partial charge is 0.255 e. The van der Waals surface area contributed by atoms with Crippen molar-refractivity contribution in [1.29, 1.82) is 0 Å². The van der Waals surface area contributed by atoms with Crippen LogP contribution in [0.2, 0.25) is 0 Å². The van der Waals surface area contributed by atoms with Gasteiger partial charge in [0.05, 0.1) is 12.1 Å². The van der Waals surface area contributed by atoms with Crippen LogP contribution >= 0.6 is 0 Å². The maximum absolute atomic E-state index is 12.7. The zero-order valence-corrected chi connectivity index (χ0v) is 14.6. The van der Waals surface area contributed by atoms with E-state index in [4.69, 9.17) is 0 Å². The summed E-state index contributed by atoms with van der Waals surface area (Å²) >= 11 is 0. The monoisotopic (exact) mass is 339 g/mol. The molecule has 2 heterocycles. The molecule has 25 heavy (non-hydrogen) atoms. The summed E-state index contributed by atoms with van der Waals surface area (Å²) in [6.07, 6.45) is 5.20. The third-order valence-corrected chi connectivity index (χ3v) is 4.68. The van der Waals surface area contributed by atoms with Crippen molar-refractivity contribution in [3.05, 3.63) is 59.8 Å². The molecule has 0 saturated carbocycles. The summed E-state index contributed by atoms with van der Waals surface area (Å²) in [4.78, 5) is 19.3. The molecule has 5 nitrogen and oxygen atoms in total. The summed E-state index contributed by atoms with van der Waals surface area (Å²) in [6.45, 7) is 3.71. The number of aliphatic hydroxyl groups is 1. The summed E-state index contributed by atoms with van der Waals surface area (Å²) in [5, 5.41) is 13.5. The lowest BCUT2D eigenvalue weighted by Crippen LogP contribution is -2.39. The minimum absolute atomic E-state index is 0.143. The lowest BCUT2D eigenvalue weighted by molar-refractivity contribution is 0.0526. The van der Waals surface area contributed by atoms with Crippen molar-refractivity contribution >= 4 is 11.7 Å². The second kappa shape index (κ2) is 7.66. The van der Waals surface area contributed by atoms with Crippen LogP contribution in [0.25, 0.3) is 0 Å². The highest BCUT2D eigenvalue weighted by atomic mass is 16.3. The number of nitrogens with zero attached hydrogens (tertiary/aromatic N) is 2. The minimum atomic E-state index is -1.12. The van der Waals surface area contributed by atoms with E-state index >= 15 is 0 Å². The molecule has 2 aromatic rings. The van der Waals surface area contributed by atoms with E-state index in [1.807, 2.05) is 30.3 Å². The number of rotatable bonds is 5. The highest BCUT2D eigenvalue weighted by Gasteiger charge is 2.25. The third-order valence-electron chi connectivity index (χ3n) is 4.68. The molecule has 1 aromatic carbocycles. The molecule has 1 aliphatic rings. The lowest BCUT2D eigenvalue weighted by Gasteiger charge is -2.29. The molecule has 1 aliphatic heterocycles. The molecule has 2 N–H and O–H groups in total. The Hall–Kier alpha value is -2.40. The molecule has 0 spiro atoms. The molecule has 0 radical (unpaired) electrons. The molecule has 1 saturated heterocycles. The molecule has 1 unspecified atom stereocenters. The summed E-state index contributed by atoms with van der Waals surface area (Å²) in [5.41, 5.74) is 0.218. The number of benzene rings is 1. The molecule has 1 aromatic heterocycles. The van der Waals surface area contributed by atoms with Gasteiger partial charge in [-0.3, -0.25) is 4.79 Å². The van der Waals surface area contributed by atoms with Crippen LogP contribution in [0.1, 0.15) is 42.1 Å². The van der Waals surface area contributed by atoms with Crippen LogP contribution in [0.3, 0.4) is 0 Å². The summed E-state index contributed by atoms with van der Waals surface area (Å²) < 4.78 is 0. The van der Waals surface area contributed by atoms with E-state index in [-0.39, 0.29) is 12.5 Å². The van der Waals surface area contributed by atoms with Crippen LogP contribution in [-0.2, 0) is 5.60 Å². The fourth-order valence-corrected chi connectivity index (χ4v) is 3.18. The Bertz CT molecular complexity index is 710. The third kappa shape index (κ3) is 4.17. The molecule has 1 amide bonds. The predicted octanol–water partition coefficient (Wildman–Crippen LogP) is 2.71. The molecular weight excluding hydrogens is 314 g/mol. The highest BCUT2D eigenvalue weighted by Crippen LogP contribution is 2.23. The number of pyridine rings is 1. The molecule has 0 aliphatic carbocycles. The molecule has 132 valence electrons. The quantitative estimate of drug-likeness (QED) is 0.879. The van der Waals surface area contributed by atoms with Gasteiger partial charge in [-0.15, -0.1) is 0 Å². The number of carbonyl (C=O) groups excluding carboxylic acids is 1. The van der Waals surface area contributed by atoms with Crippen molar-refractivity contribution in [2.24, 2.45) is 0 Å². The van der Waals surface area contributed by atoms with E-state index in [0.717, 1.165) is 37.3 Å². The lowest BCUT2D eigenvalue weighted by atomic mass is 9.96. The predicted molar refractivity (Wildman–Crippen MR) is 98.6 cm³/mol. The maximum atomic E-state index is 12.7. The number of aromatic nitrogens is 1. The van der Waals surface area contributed by atoms with Crippen molar-refractivity contribution < 1.29 is 9.90 Å². The molecule has 5 heteroatoms. The van der Waals surface area contributed by atoms with Crippen LogP contribution in [0.15, 0.2) is 48.7 Å². The van der Waals surface area contributed by atoms with Crippen LogP contribution < -0.4 is 10.2 Å².